The van der Waals surface area contributed by atoms with Crippen molar-refractivity contribution < 1.29 is 4.74 Å². The summed E-state index contributed by atoms with van der Waals surface area (Å²) in [6, 6.07) is 1.41. The van der Waals surface area contributed by atoms with E-state index in [4.69, 9.17) is 4.74 Å². The fraction of sp³-hybridized carbons (Fsp3) is 1.00. The van der Waals surface area contributed by atoms with Gasteiger partial charge in [0.05, 0.1) is 6.61 Å². The minimum absolute atomic E-state index is 0.572. The highest BCUT2D eigenvalue weighted by Crippen LogP contribution is 2.36. The van der Waals surface area contributed by atoms with Crippen molar-refractivity contribution in [1.29, 1.82) is 0 Å². The summed E-state index contributed by atoms with van der Waals surface area (Å²) < 4.78 is 5.44. The first-order chi connectivity index (χ1) is 8.86. The van der Waals surface area contributed by atoms with Gasteiger partial charge < -0.3 is 10.1 Å². The quantitative estimate of drug-likeness (QED) is 0.754. The number of nitrogens with one attached hydrogen (secondary N) is 1. The first kappa shape index (κ1) is 14.3. The van der Waals surface area contributed by atoms with E-state index in [1.807, 2.05) is 7.11 Å². The first-order valence-electron chi connectivity index (χ1n) is 7.82. The van der Waals surface area contributed by atoms with Crippen molar-refractivity contribution in [2.75, 3.05) is 33.4 Å². The molecule has 3 nitrogen and oxygen atoms in total. The van der Waals surface area contributed by atoms with E-state index >= 15 is 0 Å². The molecule has 2 rings (SSSR count). The molecule has 1 aliphatic heterocycles. The fourth-order valence-corrected chi connectivity index (χ4v) is 3.89. The average Bonchev–Trinajstić information content (AvgIpc) is 3.03. The molecule has 0 bridgehead atoms. The largest absolute Gasteiger partial charge is 0.383 e. The Morgan fingerprint density at radius 3 is 2.67 bits per heavy atom. The molecule has 18 heavy (non-hydrogen) atoms. The zero-order valence-electron chi connectivity index (χ0n) is 12.2. The highest BCUT2D eigenvalue weighted by Gasteiger charge is 2.36. The Balaban J connectivity index is 1.93. The molecule has 3 heteroatoms. The van der Waals surface area contributed by atoms with Crippen LogP contribution < -0.4 is 5.32 Å². The molecule has 0 aromatic rings. The minimum atomic E-state index is 0.572. The molecule has 2 unspecified atom stereocenters. The van der Waals surface area contributed by atoms with Crippen LogP contribution in [-0.2, 0) is 4.74 Å². The second-order valence-electron chi connectivity index (χ2n) is 5.91. The lowest BCUT2D eigenvalue weighted by molar-refractivity contribution is 0.0641. The number of likely N-dealkylation sites (tertiary alicyclic amines) is 1. The van der Waals surface area contributed by atoms with E-state index in [1.165, 1.54) is 45.1 Å². The van der Waals surface area contributed by atoms with E-state index in [9.17, 15) is 0 Å². The standard InChI is InChI=1S/C15H30N2O/c1-3-16-11-14(12-18-2)17-10-6-9-15(17)13-7-4-5-8-13/h13-16H,3-12H2,1-2H3. The maximum Gasteiger partial charge on any atom is 0.0630 e. The predicted octanol–water partition coefficient (Wildman–Crippen LogP) is 2.27. The number of rotatable bonds is 7. The van der Waals surface area contributed by atoms with Gasteiger partial charge in [0, 0.05) is 25.7 Å². The van der Waals surface area contributed by atoms with Gasteiger partial charge in [0.1, 0.15) is 0 Å². The molecule has 0 spiro atoms. The van der Waals surface area contributed by atoms with Crippen molar-refractivity contribution in [3.8, 4) is 0 Å². The molecule has 2 fully saturated rings. The van der Waals surface area contributed by atoms with Crippen molar-refractivity contribution in [2.45, 2.75) is 57.5 Å². The maximum absolute atomic E-state index is 5.44. The van der Waals surface area contributed by atoms with Crippen molar-refractivity contribution in [2.24, 2.45) is 5.92 Å². The fourth-order valence-electron chi connectivity index (χ4n) is 3.89. The third-order valence-corrected chi connectivity index (χ3v) is 4.74. The monoisotopic (exact) mass is 254 g/mol. The molecule has 1 saturated carbocycles. The Kier molecular flexibility index (Phi) is 5.93. The van der Waals surface area contributed by atoms with E-state index in [0.29, 0.717) is 6.04 Å². The number of methoxy groups -OCH3 is 1. The topological polar surface area (TPSA) is 24.5 Å². The smallest absolute Gasteiger partial charge is 0.0630 e. The third-order valence-electron chi connectivity index (χ3n) is 4.74. The molecular formula is C15H30N2O. The van der Waals surface area contributed by atoms with Crippen LogP contribution in [0.5, 0.6) is 0 Å². The second-order valence-corrected chi connectivity index (χ2v) is 5.91. The van der Waals surface area contributed by atoms with E-state index in [0.717, 1.165) is 31.7 Å². The maximum atomic E-state index is 5.44. The molecule has 2 aliphatic rings. The lowest BCUT2D eigenvalue weighted by Crippen LogP contribution is -2.49. The lowest BCUT2D eigenvalue weighted by Gasteiger charge is -2.36. The summed E-state index contributed by atoms with van der Waals surface area (Å²) in [5, 5.41) is 3.50. The Morgan fingerprint density at radius 1 is 1.22 bits per heavy atom. The van der Waals surface area contributed by atoms with Crippen molar-refractivity contribution in [3.05, 3.63) is 0 Å². The van der Waals surface area contributed by atoms with Crippen LogP contribution in [0.25, 0.3) is 0 Å². The zero-order chi connectivity index (χ0) is 12.8. The highest BCUT2D eigenvalue weighted by atomic mass is 16.5. The summed E-state index contributed by atoms with van der Waals surface area (Å²) in [5.41, 5.74) is 0. The van der Waals surface area contributed by atoms with Gasteiger partial charge in [0.2, 0.25) is 0 Å². The molecule has 0 aromatic carbocycles. The van der Waals surface area contributed by atoms with E-state index in [-0.39, 0.29) is 0 Å². The summed E-state index contributed by atoms with van der Waals surface area (Å²) in [7, 11) is 1.83. The van der Waals surface area contributed by atoms with Gasteiger partial charge in [-0.25, -0.2) is 0 Å². The van der Waals surface area contributed by atoms with Gasteiger partial charge in [-0.05, 0) is 44.7 Å². The summed E-state index contributed by atoms with van der Waals surface area (Å²) in [6.07, 6.45) is 8.63. The van der Waals surface area contributed by atoms with Crippen LogP contribution in [-0.4, -0.2) is 50.3 Å². The Morgan fingerprint density at radius 2 is 2.00 bits per heavy atom. The predicted molar refractivity (Wildman–Crippen MR) is 75.9 cm³/mol. The molecular weight excluding hydrogens is 224 g/mol. The number of hydrogen-bond acceptors (Lipinski definition) is 3. The molecule has 106 valence electrons. The SMILES string of the molecule is CCNCC(COC)N1CCCC1C1CCCC1. The number of nitrogens with zero attached hydrogens (tertiary/aromatic N) is 1. The van der Waals surface area contributed by atoms with Crippen molar-refractivity contribution >= 4 is 0 Å². The summed E-state index contributed by atoms with van der Waals surface area (Å²) >= 11 is 0. The zero-order valence-corrected chi connectivity index (χ0v) is 12.2. The van der Waals surface area contributed by atoms with Crippen LogP contribution >= 0.6 is 0 Å². The summed E-state index contributed by atoms with van der Waals surface area (Å²) in [6.45, 7) is 6.47. The summed E-state index contributed by atoms with van der Waals surface area (Å²) in [5.74, 6) is 0.966. The van der Waals surface area contributed by atoms with Gasteiger partial charge in [-0.2, -0.15) is 0 Å². The number of ether oxygens (including phenoxy) is 1. The molecule has 1 heterocycles. The first-order valence-corrected chi connectivity index (χ1v) is 7.82. The van der Waals surface area contributed by atoms with Gasteiger partial charge in [-0.1, -0.05) is 19.8 Å². The van der Waals surface area contributed by atoms with Crippen molar-refractivity contribution in [3.63, 3.8) is 0 Å². The third kappa shape index (κ3) is 3.46. The van der Waals surface area contributed by atoms with Gasteiger partial charge in [-0.15, -0.1) is 0 Å². The van der Waals surface area contributed by atoms with E-state index < -0.39 is 0 Å². The molecule has 0 aromatic heterocycles. The minimum Gasteiger partial charge on any atom is -0.383 e. The van der Waals surface area contributed by atoms with Crippen LogP contribution in [0.2, 0.25) is 0 Å². The van der Waals surface area contributed by atoms with Gasteiger partial charge in [-0.3, -0.25) is 4.90 Å². The van der Waals surface area contributed by atoms with Gasteiger partial charge >= 0.3 is 0 Å². The van der Waals surface area contributed by atoms with E-state index in [1.54, 1.807) is 0 Å². The van der Waals surface area contributed by atoms with Crippen LogP contribution in [0, 0.1) is 5.92 Å². The molecule has 0 radical (unpaired) electrons. The number of hydrogen-bond donors (Lipinski definition) is 1. The van der Waals surface area contributed by atoms with Gasteiger partial charge in [0.15, 0.2) is 0 Å². The van der Waals surface area contributed by atoms with Crippen LogP contribution in [0.15, 0.2) is 0 Å². The van der Waals surface area contributed by atoms with E-state index in [2.05, 4.69) is 17.1 Å². The molecule has 2 atom stereocenters. The Labute approximate surface area is 112 Å². The Bertz CT molecular complexity index is 229. The molecule has 1 saturated heterocycles. The summed E-state index contributed by atoms with van der Waals surface area (Å²) in [4.78, 5) is 2.75. The highest BCUT2D eigenvalue weighted by molar-refractivity contribution is 4.91. The van der Waals surface area contributed by atoms with Crippen LogP contribution in [0.4, 0.5) is 0 Å². The normalized spacial score (nSPS) is 28.0. The number of likely N-dealkylation sites (N-methyl/N-ethyl adjacent to an activating group) is 1. The average molecular weight is 254 g/mol. The Hall–Kier alpha value is -0.120. The van der Waals surface area contributed by atoms with Crippen LogP contribution in [0.1, 0.15) is 45.4 Å². The van der Waals surface area contributed by atoms with Crippen molar-refractivity contribution in [1.82, 2.24) is 10.2 Å². The molecule has 1 aliphatic carbocycles. The van der Waals surface area contributed by atoms with Crippen LogP contribution in [0.3, 0.4) is 0 Å². The van der Waals surface area contributed by atoms with Gasteiger partial charge in [0.25, 0.3) is 0 Å². The molecule has 1 N–H and O–H groups in total. The molecule has 0 amide bonds. The second kappa shape index (κ2) is 7.46. The lowest BCUT2D eigenvalue weighted by atomic mass is 9.95.